The Morgan fingerprint density at radius 2 is 2.06 bits per heavy atom. The molecule has 0 radical (unpaired) electrons. The Kier molecular flexibility index (Phi) is 4.73. The summed E-state index contributed by atoms with van der Waals surface area (Å²) < 4.78 is 11.4. The molecule has 0 aromatic carbocycles. The zero-order chi connectivity index (χ0) is 12.3. The molecule has 1 aliphatic heterocycles. The summed E-state index contributed by atoms with van der Waals surface area (Å²) in [6.07, 6.45) is 2.19. The van der Waals surface area contributed by atoms with Gasteiger partial charge in [0.05, 0.1) is 0 Å². The van der Waals surface area contributed by atoms with Crippen molar-refractivity contribution in [3.63, 3.8) is 0 Å². The van der Waals surface area contributed by atoms with Crippen LogP contribution in [0.2, 0.25) is 0 Å². The molecule has 0 amide bonds. The first-order valence-corrected chi connectivity index (χ1v) is 8.15. The molecule has 1 aliphatic rings. The summed E-state index contributed by atoms with van der Waals surface area (Å²) >= 11 is 1.63. The van der Waals surface area contributed by atoms with Crippen LogP contribution in [0.25, 0.3) is 0 Å². The molecule has 16 heavy (non-hydrogen) atoms. The molecule has 0 saturated carbocycles. The average Bonchev–Trinajstić information content (AvgIpc) is 2.16. The topological polar surface area (TPSA) is 51.2 Å². The Bertz CT molecular complexity index is 327. The molecule has 1 rings (SSSR count). The van der Waals surface area contributed by atoms with Crippen LogP contribution in [0, 0.1) is 11.3 Å². The number of carbonyl (C=O) groups is 2. The van der Waals surface area contributed by atoms with Gasteiger partial charge in [0, 0.05) is 45.6 Å². The highest BCUT2D eigenvalue weighted by molar-refractivity contribution is 7.99. The van der Waals surface area contributed by atoms with Gasteiger partial charge in [-0.15, -0.1) is 0 Å². The second-order valence-corrected chi connectivity index (χ2v) is 7.05. The standard InChI is InChI=1S/C11H18O3S2/c1-8(12)10-4-11(9(2)13,6-15-5-10)7-16(3)14/h10H,4-7H2,1-3H3. The van der Waals surface area contributed by atoms with Crippen LogP contribution in [0.4, 0.5) is 0 Å². The molecule has 92 valence electrons. The molecule has 5 heteroatoms. The monoisotopic (exact) mass is 262 g/mol. The summed E-state index contributed by atoms with van der Waals surface area (Å²) in [7, 11) is -0.997. The number of Topliss-reactive ketones (excluding diaryl/α,β-unsaturated/α-hetero) is 2. The van der Waals surface area contributed by atoms with Gasteiger partial charge in [-0.3, -0.25) is 13.8 Å². The summed E-state index contributed by atoms with van der Waals surface area (Å²) in [6.45, 7) is 3.13. The van der Waals surface area contributed by atoms with Crippen LogP contribution in [0.5, 0.6) is 0 Å². The Labute approximate surface area is 103 Å². The fourth-order valence-corrected chi connectivity index (χ4v) is 4.98. The summed E-state index contributed by atoms with van der Waals surface area (Å²) in [5.74, 6) is 2.04. The third-order valence-corrected chi connectivity index (χ3v) is 5.49. The second-order valence-electron chi connectivity index (χ2n) is 4.58. The van der Waals surface area contributed by atoms with Crippen molar-refractivity contribution >= 4 is 34.1 Å². The van der Waals surface area contributed by atoms with E-state index in [4.69, 9.17) is 0 Å². The van der Waals surface area contributed by atoms with Gasteiger partial charge in [-0.2, -0.15) is 11.8 Å². The van der Waals surface area contributed by atoms with Crippen LogP contribution in [-0.2, 0) is 20.4 Å². The number of ketones is 2. The molecule has 1 saturated heterocycles. The highest BCUT2D eigenvalue weighted by Crippen LogP contribution is 2.39. The molecule has 0 spiro atoms. The van der Waals surface area contributed by atoms with Gasteiger partial charge in [0.2, 0.25) is 0 Å². The van der Waals surface area contributed by atoms with Crippen molar-refractivity contribution in [1.82, 2.24) is 0 Å². The van der Waals surface area contributed by atoms with E-state index in [0.717, 1.165) is 5.75 Å². The Morgan fingerprint density at radius 1 is 1.44 bits per heavy atom. The maximum absolute atomic E-state index is 11.8. The number of hydrogen-bond acceptors (Lipinski definition) is 4. The number of carbonyl (C=O) groups excluding carboxylic acids is 2. The fourth-order valence-electron chi connectivity index (χ4n) is 2.08. The maximum Gasteiger partial charge on any atom is 0.137 e. The Morgan fingerprint density at radius 3 is 2.50 bits per heavy atom. The molecule has 1 heterocycles. The molecule has 0 aromatic rings. The number of thioether (sulfide) groups is 1. The highest BCUT2D eigenvalue weighted by atomic mass is 32.2. The zero-order valence-corrected chi connectivity index (χ0v) is 11.6. The third-order valence-electron chi connectivity index (χ3n) is 3.14. The van der Waals surface area contributed by atoms with E-state index < -0.39 is 16.2 Å². The van der Waals surface area contributed by atoms with Crippen molar-refractivity contribution in [1.29, 1.82) is 0 Å². The van der Waals surface area contributed by atoms with Crippen molar-refractivity contribution in [2.75, 3.05) is 23.5 Å². The van der Waals surface area contributed by atoms with Crippen LogP contribution < -0.4 is 0 Å². The molecule has 3 atom stereocenters. The lowest BCUT2D eigenvalue weighted by atomic mass is 9.78. The summed E-state index contributed by atoms with van der Waals surface area (Å²) in [6, 6.07) is 0. The van der Waals surface area contributed by atoms with Crippen molar-refractivity contribution in [2.24, 2.45) is 11.3 Å². The summed E-state index contributed by atoms with van der Waals surface area (Å²) in [4.78, 5) is 23.2. The zero-order valence-electron chi connectivity index (χ0n) is 9.95. The average molecular weight is 262 g/mol. The van der Waals surface area contributed by atoms with E-state index in [1.165, 1.54) is 0 Å². The van der Waals surface area contributed by atoms with Crippen molar-refractivity contribution < 1.29 is 13.8 Å². The van der Waals surface area contributed by atoms with Crippen LogP contribution >= 0.6 is 11.8 Å². The van der Waals surface area contributed by atoms with Gasteiger partial charge >= 0.3 is 0 Å². The van der Waals surface area contributed by atoms with E-state index in [0.29, 0.717) is 17.9 Å². The van der Waals surface area contributed by atoms with E-state index in [1.54, 1.807) is 31.9 Å². The maximum atomic E-state index is 11.8. The van der Waals surface area contributed by atoms with E-state index in [-0.39, 0.29) is 17.5 Å². The molecule has 0 aliphatic carbocycles. The van der Waals surface area contributed by atoms with Crippen LogP contribution in [0.1, 0.15) is 20.3 Å². The van der Waals surface area contributed by atoms with Gasteiger partial charge in [0.1, 0.15) is 11.6 Å². The van der Waals surface area contributed by atoms with Crippen LogP contribution in [0.3, 0.4) is 0 Å². The lowest BCUT2D eigenvalue weighted by molar-refractivity contribution is -0.127. The largest absolute Gasteiger partial charge is 0.300 e. The Balaban J connectivity index is 2.88. The lowest BCUT2D eigenvalue weighted by Gasteiger charge is -2.37. The lowest BCUT2D eigenvalue weighted by Crippen LogP contribution is -2.44. The SMILES string of the molecule is CC(=O)C1CSCC(CS(C)=O)(C(C)=O)C1. The predicted molar refractivity (Wildman–Crippen MR) is 68.2 cm³/mol. The normalized spacial score (nSPS) is 32.1. The van der Waals surface area contributed by atoms with Gasteiger partial charge in [0.15, 0.2) is 0 Å². The molecule has 1 fully saturated rings. The van der Waals surface area contributed by atoms with Crippen LogP contribution in [0.15, 0.2) is 0 Å². The predicted octanol–water partition coefficient (Wildman–Crippen LogP) is 1.28. The van der Waals surface area contributed by atoms with Crippen molar-refractivity contribution in [3.05, 3.63) is 0 Å². The minimum atomic E-state index is -0.997. The molecule has 3 unspecified atom stereocenters. The van der Waals surface area contributed by atoms with Gasteiger partial charge in [-0.25, -0.2) is 0 Å². The van der Waals surface area contributed by atoms with Crippen LogP contribution in [-0.4, -0.2) is 39.3 Å². The van der Waals surface area contributed by atoms with Crippen molar-refractivity contribution in [3.8, 4) is 0 Å². The first-order chi connectivity index (χ1) is 7.37. The molecule has 0 bridgehead atoms. The molecular weight excluding hydrogens is 244 g/mol. The first-order valence-electron chi connectivity index (χ1n) is 5.27. The number of rotatable bonds is 4. The number of hydrogen-bond donors (Lipinski definition) is 0. The van der Waals surface area contributed by atoms with E-state index >= 15 is 0 Å². The molecule has 0 N–H and O–H groups in total. The minimum absolute atomic E-state index is 0.0498. The van der Waals surface area contributed by atoms with E-state index in [1.807, 2.05) is 0 Å². The van der Waals surface area contributed by atoms with Gasteiger partial charge in [0.25, 0.3) is 0 Å². The Hall–Kier alpha value is -0.160. The van der Waals surface area contributed by atoms with E-state index in [2.05, 4.69) is 0 Å². The van der Waals surface area contributed by atoms with Gasteiger partial charge in [-0.05, 0) is 20.3 Å². The van der Waals surface area contributed by atoms with Gasteiger partial charge in [-0.1, -0.05) is 0 Å². The first kappa shape index (κ1) is 13.9. The van der Waals surface area contributed by atoms with Crippen molar-refractivity contribution in [2.45, 2.75) is 20.3 Å². The molecule has 3 nitrogen and oxygen atoms in total. The minimum Gasteiger partial charge on any atom is -0.300 e. The highest BCUT2D eigenvalue weighted by Gasteiger charge is 2.42. The molecular formula is C11H18O3S2. The second kappa shape index (κ2) is 5.45. The summed E-state index contributed by atoms with van der Waals surface area (Å²) in [5, 5.41) is 0. The quantitative estimate of drug-likeness (QED) is 0.766. The molecule has 0 aromatic heterocycles. The van der Waals surface area contributed by atoms with E-state index in [9.17, 15) is 13.8 Å². The fraction of sp³-hybridized carbons (Fsp3) is 0.818. The summed E-state index contributed by atoms with van der Waals surface area (Å²) in [5.41, 5.74) is -0.543. The van der Waals surface area contributed by atoms with Gasteiger partial charge < -0.3 is 0 Å². The smallest absolute Gasteiger partial charge is 0.137 e. The third kappa shape index (κ3) is 3.17.